The number of thiophene rings is 1. The number of benzene rings is 2. The first-order valence-corrected chi connectivity index (χ1v) is 13.1. The first-order chi connectivity index (χ1) is 16.1. The molecule has 1 aliphatic rings. The molecule has 0 spiro atoms. The molecule has 5 nitrogen and oxygen atoms in total. The van der Waals surface area contributed by atoms with Crippen LogP contribution >= 0.6 is 23.1 Å². The van der Waals surface area contributed by atoms with Gasteiger partial charge in [0, 0.05) is 23.2 Å². The van der Waals surface area contributed by atoms with E-state index in [1.165, 1.54) is 47.1 Å². The standard InChI is InChI=1S/C26H25N3O2S2/c1-2-29(20-10-4-3-5-11-20)22(30)16-33-26-27-24(31)23-21(15-32-25(23)28-26)19-13-12-17-8-6-7-9-18(17)14-19/h3-5,10-15H,2,6-9,16H2,1H3,(H,27,28,31). The zero-order valence-electron chi connectivity index (χ0n) is 18.5. The summed E-state index contributed by atoms with van der Waals surface area (Å²) in [7, 11) is 0. The lowest BCUT2D eigenvalue weighted by Crippen LogP contribution is -2.32. The van der Waals surface area contributed by atoms with Gasteiger partial charge in [0.15, 0.2) is 5.16 Å². The second-order valence-electron chi connectivity index (χ2n) is 8.15. The Morgan fingerprint density at radius 2 is 1.91 bits per heavy atom. The largest absolute Gasteiger partial charge is 0.312 e. The SMILES string of the molecule is CCN(C(=O)CSc1nc2scc(-c3ccc4c(c3)CCCC4)c2c(=O)[nH]1)c1ccccc1. The van der Waals surface area contributed by atoms with E-state index in [-0.39, 0.29) is 17.2 Å². The number of hydrogen-bond donors (Lipinski definition) is 1. The molecule has 0 saturated carbocycles. The highest BCUT2D eigenvalue weighted by molar-refractivity contribution is 7.99. The quantitative estimate of drug-likeness (QED) is 0.288. The Morgan fingerprint density at radius 1 is 1.12 bits per heavy atom. The number of carbonyl (C=O) groups excluding carboxylic acids is 1. The van der Waals surface area contributed by atoms with E-state index in [1.807, 2.05) is 42.6 Å². The molecule has 168 valence electrons. The van der Waals surface area contributed by atoms with Crippen LogP contribution in [0.25, 0.3) is 21.3 Å². The van der Waals surface area contributed by atoms with E-state index in [4.69, 9.17) is 0 Å². The van der Waals surface area contributed by atoms with Gasteiger partial charge in [-0.15, -0.1) is 11.3 Å². The van der Waals surface area contributed by atoms with Crippen LogP contribution in [0.1, 0.15) is 30.9 Å². The first-order valence-electron chi connectivity index (χ1n) is 11.3. The first kappa shape index (κ1) is 21.9. The molecule has 33 heavy (non-hydrogen) atoms. The lowest BCUT2D eigenvalue weighted by molar-refractivity contribution is -0.116. The summed E-state index contributed by atoms with van der Waals surface area (Å²) in [5, 5.41) is 3.13. The van der Waals surface area contributed by atoms with Crippen LogP contribution in [0.4, 0.5) is 5.69 Å². The highest BCUT2D eigenvalue weighted by Crippen LogP contribution is 2.34. The molecule has 4 aromatic rings. The van der Waals surface area contributed by atoms with Crippen molar-refractivity contribution < 1.29 is 4.79 Å². The third kappa shape index (κ3) is 4.48. The van der Waals surface area contributed by atoms with E-state index < -0.39 is 0 Å². The minimum Gasteiger partial charge on any atom is -0.312 e. The van der Waals surface area contributed by atoms with Crippen LogP contribution in [0.3, 0.4) is 0 Å². The summed E-state index contributed by atoms with van der Waals surface area (Å²) in [6.07, 6.45) is 4.72. The van der Waals surface area contributed by atoms with Crippen LogP contribution in [-0.4, -0.2) is 28.2 Å². The van der Waals surface area contributed by atoms with Crippen molar-refractivity contribution in [3.63, 3.8) is 0 Å². The second kappa shape index (κ2) is 9.53. The van der Waals surface area contributed by atoms with E-state index >= 15 is 0 Å². The molecule has 0 atom stereocenters. The average molecular weight is 476 g/mol. The number of nitrogens with one attached hydrogen (secondary N) is 1. The number of hydrogen-bond acceptors (Lipinski definition) is 5. The molecule has 0 bridgehead atoms. The number of anilines is 1. The van der Waals surface area contributed by atoms with Crippen molar-refractivity contribution in [2.24, 2.45) is 0 Å². The van der Waals surface area contributed by atoms with E-state index in [1.54, 1.807) is 4.90 Å². The van der Waals surface area contributed by atoms with Crippen LogP contribution < -0.4 is 10.5 Å². The Kier molecular flexibility index (Phi) is 6.33. The fourth-order valence-corrected chi connectivity index (χ4v) is 6.17. The zero-order valence-corrected chi connectivity index (χ0v) is 20.1. The summed E-state index contributed by atoms with van der Waals surface area (Å²) in [6.45, 7) is 2.54. The number of carbonyl (C=O) groups is 1. The number of fused-ring (bicyclic) bond motifs is 2. The van der Waals surface area contributed by atoms with Crippen molar-refractivity contribution in [1.29, 1.82) is 0 Å². The normalized spacial score (nSPS) is 13.1. The third-order valence-corrected chi connectivity index (χ3v) is 7.83. The number of aryl methyl sites for hydroxylation is 2. The summed E-state index contributed by atoms with van der Waals surface area (Å²) in [5.41, 5.74) is 5.55. The van der Waals surface area contributed by atoms with Crippen molar-refractivity contribution in [3.8, 4) is 11.1 Å². The van der Waals surface area contributed by atoms with Crippen LogP contribution in [0, 0.1) is 0 Å². The number of aromatic nitrogens is 2. The van der Waals surface area contributed by atoms with Crippen molar-refractivity contribution in [3.05, 3.63) is 75.4 Å². The minimum absolute atomic E-state index is 0.0163. The summed E-state index contributed by atoms with van der Waals surface area (Å²) in [5.74, 6) is 0.192. The summed E-state index contributed by atoms with van der Waals surface area (Å²) >= 11 is 2.75. The van der Waals surface area contributed by atoms with Gasteiger partial charge < -0.3 is 9.88 Å². The Bertz CT molecular complexity index is 1360. The molecule has 1 aliphatic carbocycles. The van der Waals surface area contributed by atoms with Gasteiger partial charge in [0.2, 0.25) is 5.91 Å². The molecule has 0 saturated heterocycles. The predicted molar refractivity (Wildman–Crippen MR) is 138 cm³/mol. The fraction of sp³-hybridized carbons (Fsp3) is 0.269. The van der Waals surface area contributed by atoms with Crippen molar-refractivity contribution >= 4 is 44.9 Å². The van der Waals surface area contributed by atoms with E-state index in [0.717, 1.165) is 29.7 Å². The minimum atomic E-state index is -0.153. The van der Waals surface area contributed by atoms with Crippen LogP contribution in [0.5, 0.6) is 0 Å². The van der Waals surface area contributed by atoms with Gasteiger partial charge in [-0.2, -0.15) is 0 Å². The summed E-state index contributed by atoms with van der Waals surface area (Å²) in [6, 6.07) is 16.2. The lowest BCUT2D eigenvalue weighted by Gasteiger charge is -2.20. The summed E-state index contributed by atoms with van der Waals surface area (Å²) in [4.78, 5) is 35.8. The van der Waals surface area contributed by atoms with Gasteiger partial charge in [0.1, 0.15) is 4.83 Å². The van der Waals surface area contributed by atoms with E-state index in [9.17, 15) is 9.59 Å². The van der Waals surface area contributed by atoms with Crippen LogP contribution in [0.2, 0.25) is 0 Å². The van der Waals surface area contributed by atoms with Gasteiger partial charge in [0.25, 0.3) is 5.56 Å². The van der Waals surface area contributed by atoms with E-state index in [2.05, 4.69) is 28.2 Å². The maximum atomic E-state index is 13.0. The molecule has 0 fully saturated rings. The molecule has 1 N–H and O–H groups in total. The number of nitrogens with zero attached hydrogens (tertiary/aromatic N) is 2. The smallest absolute Gasteiger partial charge is 0.260 e. The zero-order chi connectivity index (χ0) is 22.8. The van der Waals surface area contributed by atoms with Crippen molar-refractivity contribution in [2.75, 3.05) is 17.2 Å². The number of thioether (sulfide) groups is 1. The van der Waals surface area contributed by atoms with Crippen molar-refractivity contribution in [2.45, 2.75) is 37.8 Å². The topological polar surface area (TPSA) is 66.1 Å². The molecule has 0 aliphatic heterocycles. The molecule has 0 unspecified atom stereocenters. The van der Waals surface area contributed by atoms with Gasteiger partial charge in [-0.25, -0.2) is 4.98 Å². The summed E-state index contributed by atoms with van der Waals surface area (Å²) < 4.78 is 0. The van der Waals surface area contributed by atoms with Gasteiger partial charge in [-0.1, -0.05) is 48.2 Å². The lowest BCUT2D eigenvalue weighted by atomic mass is 9.89. The van der Waals surface area contributed by atoms with Crippen molar-refractivity contribution in [1.82, 2.24) is 9.97 Å². The molecule has 2 heterocycles. The maximum absolute atomic E-state index is 13.0. The van der Waals surface area contributed by atoms with Gasteiger partial charge in [0.05, 0.1) is 11.1 Å². The highest BCUT2D eigenvalue weighted by atomic mass is 32.2. The Morgan fingerprint density at radius 3 is 2.70 bits per heavy atom. The number of amides is 1. The molecule has 1 amide bonds. The Balaban J connectivity index is 1.37. The number of para-hydroxylation sites is 1. The maximum Gasteiger partial charge on any atom is 0.260 e. The number of rotatable bonds is 6. The number of aromatic amines is 1. The molecule has 7 heteroatoms. The van der Waals surface area contributed by atoms with Crippen LogP contribution in [0.15, 0.2) is 63.9 Å². The molecule has 2 aromatic heterocycles. The van der Waals surface area contributed by atoms with E-state index in [0.29, 0.717) is 21.9 Å². The molecule has 5 rings (SSSR count). The molecule has 2 aromatic carbocycles. The third-order valence-electron chi connectivity index (χ3n) is 6.10. The van der Waals surface area contributed by atoms with Gasteiger partial charge in [-0.05, 0) is 61.4 Å². The van der Waals surface area contributed by atoms with Gasteiger partial charge >= 0.3 is 0 Å². The Labute approximate surface area is 200 Å². The predicted octanol–water partition coefficient (Wildman–Crippen LogP) is 5.68. The average Bonchev–Trinajstić information content (AvgIpc) is 3.28. The number of H-pyrrole nitrogens is 1. The van der Waals surface area contributed by atoms with Gasteiger partial charge in [-0.3, -0.25) is 9.59 Å². The van der Waals surface area contributed by atoms with Crippen LogP contribution in [-0.2, 0) is 17.6 Å². The fourth-order valence-electron chi connectivity index (χ4n) is 4.43. The molecular weight excluding hydrogens is 450 g/mol. The highest BCUT2D eigenvalue weighted by Gasteiger charge is 2.18. The monoisotopic (exact) mass is 475 g/mol. The second-order valence-corrected chi connectivity index (χ2v) is 9.98. The molecular formula is C26H25N3O2S2. The Hall–Kier alpha value is -2.90. The molecule has 0 radical (unpaired) electrons.